The van der Waals surface area contributed by atoms with E-state index in [1.807, 2.05) is 36.4 Å². The van der Waals surface area contributed by atoms with Crippen LogP contribution >= 0.6 is 15.9 Å². The first kappa shape index (κ1) is 16.1. The zero-order valence-corrected chi connectivity index (χ0v) is 14.8. The number of pyridine rings is 1. The van der Waals surface area contributed by atoms with Gasteiger partial charge in [-0.2, -0.15) is 10.1 Å². The quantitative estimate of drug-likeness (QED) is 0.380. The minimum Gasteiger partial charge on any atom is -0.337 e. The second-order valence-electron chi connectivity index (χ2n) is 5.11. The molecule has 0 atom stereocenters. The maximum absolute atomic E-state index is 4.68. The molecule has 3 aromatic heterocycles. The zero-order valence-electron chi connectivity index (χ0n) is 13.2. The average Bonchev–Trinajstić information content (AvgIpc) is 3.12. The molecule has 10 heteroatoms. The lowest BCUT2D eigenvalue weighted by atomic mass is 10.3. The Morgan fingerprint density at radius 3 is 2.35 bits per heavy atom. The summed E-state index contributed by atoms with van der Waals surface area (Å²) in [4.78, 5) is 12.7. The maximum Gasteiger partial charge on any atom is 0.245 e. The predicted molar refractivity (Wildman–Crippen MR) is 100 cm³/mol. The van der Waals surface area contributed by atoms with E-state index in [2.05, 4.69) is 61.7 Å². The Balaban J connectivity index is 1.63. The number of halogens is 1. The van der Waals surface area contributed by atoms with Crippen LogP contribution in [0, 0.1) is 0 Å². The molecule has 128 valence electrons. The van der Waals surface area contributed by atoms with Gasteiger partial charge >= 0.3 is 0 Å². The third-order valence-corrected chi connectivity index (χ3v) is 3.84. The van der Waals surface area contributed by atoms with Crippen LogP contribution < -0.4 is 10.7 Å². The van der Waals surface area contributed by atoms with E-state index in [4.69, 9.17) is 0 Å². The van der Waals surface area contributed by atoms with Crippen molar-refractivity contribution in [2.24, 2.45) is 5.10 Å². The van der Waals surface area contributed by atoms with Gasteiger partial charge in [-0.15, -0.1) is 0 Å². The van der Waals surface area contributed by atoms with Crippen molar-refractivity contribution in [1.82, 2.24) is 25.3 Å². The molecule has 0 aliphatic carbocycles. The highest BCUT2D eigenvalue weighted by atomic mass is 79.9. The van der Waals surface area contributed by atoms with Gasteiger partial charge in [0.05, 0.1) is 6.21 Å². The van der Waals surface area contributed by atoms with Crippen molar-refractivity contribution in [3.8, 4) is 0 Å². The van der Waals surface area contributed by atoms with Gasteiger partial charge in [-0.25, -0.2) is 9.61 Å². The van der Waals surface area contributed by atoms with E-state index in [-0.39, 0.29) is 5.65 Å². The number of anilines is 3. The van der Waals surface area contributed by atoms with Crippen LogP contribution in [0.2, 0.25) is 0 Å². The molecule has 0 fully saturated rings. The molecule has 0 saturated carbocycles. The van der Waals surface area contributed by atoms with Crippen molar-refractivity contribution in [2.45, 2.75) is 0 Å². The smallest absolute Gasteiger partial charge is 0.245 e. The van der Waals surface area contributed by atoms with Crippen molar-refractivity contribution in [3.63, 3.8) is 0 Å². The summed E-state index contributed by atoms with van der Waals surface area (Å²) in [5.74, 6) is 0.837. The van der Waals surface area contributed by atoms with Crippen molar-refractivity contribution >= 4 is 50.8 Å². The summed E-state index contributed by atoms with van der Waals surface area (Å²) in [6, 6.07) is 11.3. The Bertz CT molecular complexity index is 1050. The van der Waals surface area contributed by atoms with Crippen LogP contribution in [0.1, 0.15) is 5.56 Å². The first-order valence-electron chi connectivity index (χ1n) is 7.50. The number of nitrogens with zero attached hydrogens (tertiary/aromatic N) is 6. The van der Waals surface area contributed by atoms with Crippen LogP contribution in [0.4, 0.5) is 17.3 Å². The minimum atomic E-state index is 0.285. The normalized spacial score (nSPS) is 11.1. The lowest BCUT2D eigenvalue weighted by molar-refractivity contribution is 0.314. The lowest BCUT2D eigenvalue weighted by Gasteiger charge is -2.09. The van der Waals surface area contributed by atoms with Crippen LogP contribution in [0.3, 0.4) is 0 Å². The molecule has 9 nitrogen and oxygen atoms in total. The van der Waals surface area contributed by atoms with E-state index >= 15 is 0 Å². The number of benzene rings is 1. The highest BCUT2D eigenvalue weighted by Crippen LogP contribution is 2.24. The third kappa shape index (κ3) is 3.64. The van der Waals surface area contributed by atoms with Crippen LogP contribution in [-0.4, -0.2) is 31.5 Å². The Morgan fingerprint density at radius 2 is 1.62 bits per heavy atom. The zero-order chi connectivity index (χ0) is 17.8. The lowest BCUT2D eigenvalue weighted by Crippen LogP contribution is -2.03. The number of fused-ring (bicyclic) bond motifs is 1. The molecule has 0 saturated heterocycles. The summed E-state index contributed by atoms with van der Waals surface area (Å²) in [6.45, 7) is 0. The van der Waals surface area contributed by atoms with Gasteiger partial charge in [0, 0.05) is 22.6 Å². The molecule has 1 aromatic carbocycles. The van der Waals surface area contributed by atoms with Gasteiger partial charge in [0.1, 0.15) is 0 Å². The monoisotopic (exact) mass is 410 g/mol. The number of hydrogen-bond acceptors (Lipinski definition) is 9. The molecule has 0 spiro atoms. The second-order valence-corrected chi connectivity index (χ2v) is 6.03. The molecule has 0 unspecified atom stereocenters. The maximum atomic E-state index is 4.68. The molecule has 0 aliphatic rings. The highest BCUT2D eigenvalue weighted by molar-refractivity contribution is 9.10. The Hall–Kier alpha value is -3.40. The van der Waals surface area contributed by atoms with E-state index in [0.29, 0.717) is 17.3 Å². The van der Waals surface area contributed by atoms with Gasteiger partial charge in [-0.05, 0) is 52.3 Å². The molecule has 4 aromatic rings. The first-order chi connectivity index (χ1) is 12.8. The summed E-state index contributed by atoms with van der Waals surface area (Å²) in [5, 5.41) is 14.8. The number of nitrogens with one attached hydrogen (secondary N) is 2. The third-order valence-electron chi connectivity index (χ3n) is 3.31. The molecule has 0 bridgehead atoms. The number of hydrogen-bond donors (Lipinski definition) is 2. The largest absolute Gasteiger partial charge is 0.337 e. The highest BCUT2D eigenvalue weighted by Gasteiger charge is 2.12. The van der Waals surface area contributed by atoms with Gasteiger partial charge in [-0.3, -0.25) is 10.4 Å². The molecular formula is C16H11BrN8O. The Kier molecular flexibility index (Phi) is 4.48. The summed E-state index contributed by atoms with van der Waals surface area (Å²) in [6.07, 6.45) is 5.03. The topological polar surface area (TPSA) is 114 Å². The fourth-order valence-electron chi connectivity index (χ4n) is 2.09. The minimum absolute atomic E-state index is 0.285. The average molecular weight is 411 g/mol. The van der Waals surface area contributed by atoms with Crippen molar-refractivity contribution < 1.29 is 4.63 Å². The van der Waals surface area contributed by atoms with Crippen LogP contribution in [0.5, 0.6) is 0 Å². The molecule has 4 rings (SSSR count). The van der Waals surface area contributed by atoms with E-state index in [0.717, 1.165) is 15.7 Å². The fourth-order valence-corrected chi connectivity index (χ4v) is 2.35. The Labute approximate surface area is 155 Å². The van der Waals surface area contributed by atoms with Gasteiger partial charge in [-0.1, -0.05) is 15.9 Å². The van der Waals surface area contributed by atoms with Crippen molar-refractivity contribution in [1.29, 1.82) is 0 Å². The Morgan fingerprint density at radius 1 is 0.923 bits per heavy atom. The van der Waals surface area contributed by atoms with Crippen LogP contribution in [-0.2, 0) is 0 Å². The summed E-state index contributed by atoms with van der Waals surface area (Å²) < 4.78 is 5.66. The van der Waals surface area contributed by atoms with Crippen molar-refractivity contribution in [2.75, 3.05) is 10.7 Å². The van der Waals surface area contributed by atoms with E-state index < -0.39 is 0 Å². The van der Waals surface area contributed by atoms with Crippen molar-refractivity contribution in [3.05, 3.63) is 58.8 Å². The number of hydrazone groups is 1. The van der Waals surface area contributed by atoms with E-state index in [9.17, 15) is 0 Å². The summed E-state index contributed by atoms with van der Waals surface area (Å²) >= 11 is 3.41. The fraction of sp³-hybridized carbons (Fsp3) is 0. The molecule has 0 radical (unpaired) electrons. The SMILES string of the molecule is Brc1ccc(Nc2nc3nonc3nc2N/N=C/c2ccncc2)cc1. The predicted octanol–water partition coefficient (Wildman–Crippen LogP) is 3.36. The van der Waals surface area contributed by atoms with Gasteiger partial charge in [0.15, 0.2) is 11.6 Å². The van der Waals surface area contributed by atoms with Crippen LogP contribution in [0.25, 0.3) is 11.3 Å². The molecular weight excluding hydrogens is 400 g/mol. The molecule has 3 heterocycles. The summed E-state index contributed by atoms with van der Waals surface area (Å²) in [5.41, 5.74) is 5.18. The molecule has 0 aliphatic heterocycles. The van der Waals surface area contributed by atoms with E-state index in [1.54, 1.807) is 18.6 Å². The van der Waals surface area contributed by atoms with Gasteiger partial charge < -0.3 is 5.32 Å². The van der Waals surface area contributed by atoms with Crippen LogP contribution in [0.15, 0.2) is 63.0 Å². The van der Waals surface area contributed by atoms with Gasteiger partial charge in [0.2, 0.25) is 11.3 Å². The molecule has 2 N–H and O–H groups in total. The molecule has 26 heavy (non-hydrogen) atoms. The van der Waals surface area contributed by atoms with E-state index in [1.165, 1.54) is 0 Å². The van der Waals surface area contributed by atoms with Gasteiger partial charge in [0.25, 0.3) is 0 Å². The molecule has 0 amide bonds. The summed E-state index contributed by atoms with van der Waals surface area (Å²) in [7, 11) is 0. The number of aromatic nitrogens is 5. The number of rotatable bonds is 5. The second kappa shape index (κ2) is 7.23. The first-order valence-corrected chi connectivity index (χ1v) is 8.29. The standard InChI is InChI=1S/C16H11BrN8O/c17-11-1-3-12(4-2-11)20-13-14(22-16-15(21-13)24-26-25-16)23-19-9-10-5-7-18-8-6-10/h1-9H,(H,20,21,24)(H,22,23,25)/b19-9+.